The summed E-state index contributed by atoms with van der Waals surface area (Å²) in [6.45, 7) is 1.81. The van der Waals surface area contributed by atoms with Crippen molar-refractivity contribution in [3.05, 3.63) is 23.0 Å². The molecule has 0 radical (unpaired) electrons. The van der Waals surface area contributed by atoms with E-state index in [4.69, 9.17) is 4.74 Å². The molecule has 0 saturated heterocycles. The van der Waals surface area contributed by atoms with Gasteiger partial charge in [0.15, 0.2) is 0 Å². The van der Waals surface area contributed by atoms with Crippen LogP contribution in [-0.2, 0) is 9.53 Å². The van der Waals surface area contributed by atoms with Crippen LogP contribution in [-0.4, -0.2) is 39.6 Å². The Morgan fingerprint density at radius 1 is 1.53 bits per heavy atom. The minimum atomic E-state index is -1.18. The second-order valence-corrected chi connectivity index (χ2v) is 4.34. The molecule has 3 atom stereocenters. The molecule has 3 N–H and O–H groups in total. The smallest absolute Gasteiger partial charge is 0.342 e. The van der Waals surface area contributed by atoms with Gasteiger partial charge in [0.25, 0.3) is 0 Å². The maximum atomic E-state index is 11.6. The Morgan fingerprint density at radius 3 is 2.88 bits per heavy atom. The number of hydrogen-bond acceptors (Lipinski definition) is 5. The van der Waals surface area contributed by atoms with Gasteiger partial charge in [-0.25, -0.2) is 4.79 Å². The van der Waals surface area contributed by atoms with E-state index in [2.05, 4.69) is 0 Å². The van der Waals surface area contributed by atoms with Crippen LogP contribution in [0.15, 0.2) is 23.0 Å². The van der Waals surface area contributed by atoms with Gasteiger partial charge in [0.05, 0.1) is 17.8 Å². The van der Waals surface area contributed by atoms with Gasteiger partial charge < -0.3 is 20.1 Å². The van der Waals surface area contributed by atoms with Crippen LogP contribution in [0.4, 0.5) is 0 Å². The minimum Gasteiger partial charge on any atom is -0.423 e. The number of carbonyl (C=O) groups excluding carboxylic acids is 1. The summed E-state index contributed by atoms with van der Waals surface area (Å²) < 4.78 is 5.02. The predicted octanol–water partition coefficient (Wildman–Crippen LogP) is 0.0102. The lowest BCUT2D eigenvalue weighted by molar-refractivity contribution is -0.135. The lowest BCUT2D eigenvalue weighted by Gasteiger charge is -2.22. The second kappa shape index (κ2) is 4.60. The molecule has 1 heterocycles. The maximum Gasteiger partial charge on any atom is 0.342 e. The molecule has 0 saturated carbocycles. The molecule has 17 heavy (non-hydrogen) atoms. The molecule has 0 spiro atoms. The molecule has 1 aliphatic heterocycles. The Labute approximate surface area is 99.0 Å². The van der Waals surface area contributed by atoms with E-state index in [-0.39, 0.29) is 5.57 Å². The summed E-state index contributed by atoms with van der Waals surface area (Å²) in [6.07, 6.45) is 0.0818. The molecular weight excluding hydrogens is 224 g/mol. The summed E-state index contributed by atoms with van der Waals surface area (Å²) in [4.78, 5) is 11.6. The zero-order valence-corrected chi connectivity index (χ0v) is 9.59. The van der Waals surface area contributed by atoms with Gasteiger partial charge in [-0.05, 0) is 25.3 Å². The number of aliphatic hydroxyl groups excluding tert-OH is 3. The van der Waals surface area contributed by atoms with Crippen molar-refractivity contribution in [2.24, 2.45) is 0 Å². The number of rotatable bonds is 2. The first-order valence-electron chi connectivity index (χ1n) is 5.76. The van der Waals surface area contributed by atoms with Crippen LogP contribution < -0.4 is 0 Å². The first-order valence-corrected chi connectivity index (χ1v) is 5.76. The highest BCUT2D eigenvalue weighted by Gasteiger charge is 2.40. The number of esters is 1. The Balaban J connectivity index is 2.34. The van der Waals surface area contributed by atoms with E-state index in [1.165, 1.54) is 6.08 Å². The third-order valence-electron chi connectivity index (χ3n) is 3.16. The molecule has 0 fully saturated rings. The number of cyclic esters (lactones) is 1. The van der Waals surface area contributed by atoms with Crippen LogP contribution in [0.25, 0.3) is 0 Å². The maximum absolute atomic E-state index is 11.6. The summed E-state index contributed by atoms with van der Waals surface area (Å²) in [5.41, 5.74) is 0.749. The lowest BCUT2D eigenvalue weighted by atomic mass is 9.87. The number of aliphatic hydroxyl groups is 3. The molecule has 1 aliphatic carbocycles. The molecule has 94 valence electrons. The van der Waals surface area contributed by atoms with Crippen molar-refractivity contribution in [3.63, 3.8) is 0 Å². The average molecular weight is 240 g/mol. The average Bonchev–Trinajstić information content (AvgIpc) is 2.61. The van der Waals surface area contributed by atoms with E-state index in [0.717, 1.165) is 0 Å². The molecule has 5 heteroatoms. The molecule has 5 nitrogen and oxygen atoms in total. The van der Waals surface area contributed by atoms with Crippen LogP contribution >= 0.6 is 0 Å². The first-order chi connectivity index (χ1) is 8.04. The standard InChI is InChI=1S/C12H16O5/c1-2-6(13)5-9-7-3-4-8(14)11(15)10(7)12(16)17-9/h5-6,8,11,13-15H,2-4H2,1H3/b9-5-/t6-,8+,11-/m1/s1. The molecule has 0 aromatic heterocycles. The highest BCUT2D eigenvalue weighted by Crippen LogP contribution is 2.37. The van der Waals surface area contributed by atoms with Gasteiger partial charge in [0.1, 0.15) is 11.9 Å². The van der Waals surface area contributed by atoms with Crippen molar-refractivity contribution < 1.29 is 24.9 Å². The quantitative estimate of drug-likeness (QED) is 0.592. The highest BCUT2D eigenvalue weighted by atomic mass is 16.5. The Hall–Kier alpha value is -1.17. The van der Waals surface area contributed by atoms with E-state index in [9.17, 15) is 20.1 Å². The zero-order chi connectivity index (χ0) is 12.6. The molecule has 2 rings (SSSR count). The SMILES string of the molecule is CC[C@@H](O)/C=C1\OC(=O)C2=C1CC[C@H](O)[C@H]2O. The van der Waals surface area contributed by atoms with Crippen LogP contribution in [0.2, 0.25) is 0 Å². The number of allylic oxidation sites excluding steroid dienone is 1. The zero-order valence-electron chi connectivity index (χ0n) is 9.59. The number of carbonyl (C=O) groups is 1. The van der Waals surface area contributed by atoms with E-state index in [0.29, 0.717) is 30.6 Å². The van der Waals surface area contributed by atoms with Crippen molar-refractivity contribution in [1.29, 1.82) is 0 Å². The van der Waals surface area contributed by atoms with Crippen molar-refractivity contribution >= 4 is 5.97 Å². The van der Waals surface area contributed by atoms with E-state index in [1.807, 2.05) is 6.92 Å². The Kier molecular flexibility index (Phi) is 3.33. The monoisotopic (exact) mass is 240 g/mol. The highest BCUT2D eigenvalue weighted by molar-refractivity contribution is 5.96. The Bertz CT molecular complexity index is 396. The molecule has 0 amide bonds. The van der Waals surface area contributed by atoms with E-state index in [1.54, 1.807) is 0 Å². The van der Waals surface area contributed by atoms with Crippen molar-refractivity contribution in [2.75, 3.05) is 0 Å². The molecule has 2 aliphatic rings. The van der Waals surface area contributed by atoms with E-state index < -0.39 is 24.3 Å². The third kappa shape index (κ3) is 2.13. The normalized spacial score (nSPS) is 32.7. The number of ether oxygens (including phenoxy) is 1. The molecule has 0 aromatic carbocycles. The first kappa shape index (κ1) is 12.3. The Morgan fingerprint density at radius 2 is 2.24 bits per heavy atom. The van der Waals surface area contributed by atoms with Gasteiger partial charge >= 0.3 is 5.97 Å². The third-order valence-corrected chi connectivity index (χ3v) is 3.16. The van der Waals surface area contributed by atoms with Gasteiger partial charge in [0.2, 0.25) is 0 Å². The summed E-state index contributed by atoms with van der Waals surface area (Å²) in [5.74, 6) is -0.300. The second-order valence-electron chi connectivity index (χ2n) is 4.34. The van der Waals surface area contributed by atoms with Gasteiger partial charge in [-0.2, -0.15) is 0 Å². The predicted molar refractivity (Wildman–Crippen MR) is 58.7 cm³/mol. The molecular formula is C12H16O5. The van der Waals surface area contributed by atoms with Crippen molar-refractivity contribution in [2.45, 2.75) is 44.5 Å². The van der Waals surface area contributed by atoms with Gasteiger partial charge in [-0.15, -0.1) is 0 Å². The largest absolute Gasteiger partial charge is 0.423 e. The fraction of sp³-hybridized carbons (Fsp3) is 0.583. The summed E-state index contributed by atoms with van der Waals surface area (Å²) >= 11 is 0. The van der Waals surface area contributed by atoms with E-state index >= 15 is 0 Å². The fourth-order valence-electron chi connectivity index (χ4n) is 2.10. The van der Waals surface area contributed by atoms with Crippen LogP contribution in [0.3, 0.4) is 0 Å². The van der Waals surface area contributed by atoms with Crippen LogP contribution in [0.1, 0.15) is 26.2 Å². The fourth-order valence-corrected chi connectivity index (χ4v) is 2.10. The molecule has 0 unspecified atom stereocenters. The van der Waals surface area contributed by atoms with Crippen molar-refractivity contribution in [3.8, 4) is 0 Å². The summed E-state index contributed by atoms with van der Waals surface area (Å²) in [6, 6.07) is 0. The van der Waals surface area contributed by atoms with Crippen LogP contribution in [0, 0.1) is 0 Å². The van der Waals surface area contributed by atoms with Gasteiger partial charge in [-0.3, -0.25) is 0 Å². The van der Waals surface area contributed by atoms with Gasteiger partial charge in [0, 0.05) is 5.57 Å². The number of hydrogen-bond donors (Lipinski definition) is 3. The summed E-state index contributed by atoms with van der Waals surface area (Å²) in [7, 11) is 0. The van der Waals surface area contributed by atoms with Gasteiger partial charge in [-0.1, -0.05) is 6.92 Å². The topological polar surface area (TPSA) is 87.0 Å². The van der Waals surface area contributed by atoms with Crippen LogP contribution in [0.5, 0.6) is 0 Å². The molecule has 0 bridgehead atoms. The molecule has 0 aromatic rings. The van der Waals surface area contributed by atoms with Crippen molar-refractivity contribution in [1.82, 2.24) is 0 Å². The minimum absolute atomic E-state index is 0.137. The lowest BCUT2D eigenvalue weighted by Crippen LogP contribution is -2.33. The summed E-state index contributed by atoms with van der Waals surface area (Å²) in [5, 5.41) is 28.7.